The number of aliphatic carboxylic acids is 1. The Bertz CT molecular complexity index is 1670. The molecule has 0 amide bonds. The third-order valence-electron chi connectivity index (χ3n) is 7.38. The number of nitrogens with one attached hydrogen (secondary N) is 1. The summed E-state index contributed by atoms with van der Waals surface area (Å²) in [6.07, 6.45) is 3.17. The van der Waals surface area contributed by atoms with Crippen LogP contribution in [0.25, 0.3) is 33.9 Å². The van der Waals surface area contributed by atoms with Gasteiger partial charge in [0.15, 0.2) is 5.76 Å². The number of alkyl halides is 3. The summed E-state index contributed by atoms with van der Waals surface area (Å²) in [7, 11) is 3.98. The zero-order chi connectivity index (χ0) is 33.9. The van der Waals surface area contributed by atoms with Gasteiger partial charge in [-0.05, 0) is 71.7 Å². The molecule has 0 unspecified atom stereocenters. The number of anilines is 1. The molecule has 4 aromatic rings. The Morgan fingerprint density at radius 2 is 1.59 bits per heavy atom. The molecule has 0 aliphatic carbocycles. The largest absolute Gasteiger partial charge is 0.542 e. The number of unbranched alkanes of at least 4 members (excludes halogenated alkanes) is 2. The van der Waals surface area contributed by atoms with E-state index in [0.29, 0.717) is 17.6 Å². The molecule has 4 rings (SSSR count). The van der Waals surface area contributed by atoms with Crippen LogP contribution >= 0.6 is 0 Å². The van der Waals surface area contributed by atoms with Crippen LogP contribution in [0.15, 0.2) is 63.8 Å². The predicted octanol–water partition coefficient (Wildman–Crippen LogP) is 5.05. The lowest BCUT2D eigenvalue weighted by atomic mass is 10.1. The number of carbonyl (C=O) groups is 1. The number of quaternary nitrogens is 1. The van der Waals surface area contributed by atoms with Gasteiger partial charge >= 0.3 is 6.18 Å². The first kappa shape index (κ1) is 36.0. The van der Waals surface area contributed by atoms with E-state index in [-0.39, 0.29) is 11.5 Å². The van der Waals surface area contributed by atoms with E-state index >= 15 is 0 Å². The number of ether oxygens (including phenoxy) is 1. The van der Waals surface area contributed by atoms with E-state index in [1.165, 1.54) is 38.8 Å². The zero-order valence-electron chi connectivity index (χ0n) is 26.6. The number of aromatic hydroxyl groups is 1. The molecule has 0 fully saturated rings. The minimum Gasteiger partial charge on any atom is -0.542 e. The first-order valence-corrected chi connectivity index (χ1v) is 15.3. The highest BCUT2D eigenvalue weighted by molar-refractivity contribution is 5.97. The van der Waals surface area contributed by atoms with Gasteiger partial charge in [0.05, 0.1) is 18.5 Å². The van der Waals surface area contributed by atoms with Crippen LogP contribution in [0.5, 0.6) is 11.5 Å². The average molecular weight is 643 g/mol. The number of rotatable bonds is 13. The molecular formula is C35H41F3N2O6. The molecule has 0 radical (unpaired) electrons. The summed E-state index contributed by atoms with van der Waals surface area (Å²) >= 11 is 0. The summed E-state index contributed by atoms with van der Waals surface area (Å²) in [5.74, 6) is -2.46. The molecular weight excluding hydrogens is 601 g/mol. The second-order valence-corrected chi connectivity index (χ2v) is 11.2. The number of nitrogens with zero attached hydrogens (tertiary/aromatic N) is 1. The predicted molar refractivity (Wildman–Crippen MR) is 173 cm³/mol. The fraction of sp³-hybridized carbons (Fsp3) is 0.371. The number of halogens is 3. The van der Waals surface area contributed by atoms with Gasteiger partial charge in [0.2, 0.25) is 11.2 Å². The van der Waals surface area contributed by atoms with Crippen molar-refractivity contribution in [3.63, 3.8) is 0 Å². The van der Waals surface area contributed by atoms with Crippen molar-refractivity contribution >= 4 is 45.6 Å². The third kappa shape index (κ3) is 10.3. The summed E-state index contributed by atoms with van der Waals surface area (Å²) in [4.78, 5) is 25.4. The normalized spacial score (nSPS) is 11.7. The van der Waals surface area contributed by atoms with Gasteiger partial charge < -0.3 is 34.0 Å². The summed E-state index contributed by atoms with van der Waals surface area (Å²) in [5.41, 5.74) is 2.02. The summed E-state index contributed by atoms with van der Waals surface area (Å²) in [6.45, 7) is 8.49. The molecule has 2 N–H and O–H groups in total. The number of carboxylic acid groups (broad SMARTS) is 1. The Balaban J connectivity index is 0.000000738. The average Bonchev–Trinajstić information content (AvgIpc) is 3.02. The van der Waals surface area contributed by atoms with E-state index in [1.807, 2.05) is 73.6 Å². The molecule has 0 spiro atoms. The lowest BCUT2D eigenvalue weighted by Crippen LogP contribution is -3.12. The Labute approximate surface area is 266 Å². The molecule has 3 aromatic carbocycles. The standard InChI is InChI=1S/C33H40N2O4.C2HF3O2/c1-5-7-17-35(18-8-6-2)19-20-38-28-15-12-25-22-29-31(23-26(25)21-28)39-30(33(37)32(29)36)16-11-24-9-13-27(14-10-24)34(3)4;3-2(4,5)1(6)7/h9-16,21-23,37H,5-8,17-20H2,1-4H3;(H,6,7)/b16-11+;. The van der Waals surface area contributed by atoms with Crippen LogP contribution in [-0.4, -0.2) is 57.6 Å². The first-order valence-electron chi connectivity index (χ1n) is 15.3. The van der Waals surface area contributed by atoms with E-state index in [0.717, 1.165) is 34.3 Å². The van der Waals surface area contributed by atoms with Crippen molar-refractivity contribution in [3.8, 4) is 11.5 Å². The van der Waals surface area contributed by atoms with E-state index in [9.17, 15) is 23.1 Å². The zero-order valence-corrected chi connectivity index (χ0v) is 26.6. The molecule has 0 saturated carbocycles. The number of fused-ring (bicyclic) bond motifs is 2. The Morgan fingerprint density at radius 1 is 0.957 bits per heavy atom. The van der Waals surface area contributed by atoms with Crippen LogP contribution in [-0.2, 0) is 4.79 Å². The van der Waals surface area contributed by atoms with Crippen molar-refractivity contribution in [1.29, 1.82) is 0 Å². The highest BCUT2D eigenvalue weighted by Crippen LogP contribution is 2.28. The molecule has 8 nitrogen and oxygen atoms in total. The maximum absolute atomic E-state index is 13.0. The van der Waals surface area contributed by atoms with E-state index in [1.54, 1.807) is 17.0 Å². The van der Waals surface area contributed by atoms with Crippen LogP contribution in [0.1, 0.15) is 50.9 Å². The van der Waals surface area contributed by atoms with Gasteiger partial charge in [-0.25, -0.2) is 0 Å². The highest BCUT2D eigenvalue weighted by atomic mass is 19.4. The van der Waals surface area contributed by atoms with Gasteiger partial charge in [0, 0.05) is 19.8 Å². The van der Waals surface area contributed by atoms with Crippen LogP contribution in [0, 0.1) is 0 Å². The maximum atomic E-state index is 13.0. The summed E-state index contributed by atoms with van der Waals surface area (Å²) < 4.78 is 43.7. The summed E-state index contributed by atoms with van der Waals surface area (Å²) in [6, 6.07) is 17.5. The van der Waals surface area contributed by atoms with Crippen molar-refractivity contribution in [1.82, 2.24) is 0 Å². The molecule has 0 aliphatic rings. The fourth-order valence-corrected chi connectivity index (χ4v) is 4.72. The van der Waals surface area contributed by atoms with Crippen LogP contribution in [0.2, 0.25) is 0 Å². The van der Waals surface area contributed by atoms with E-state index in [2.05, 4.69) is 13.8 Å². The molecule has 1 aromatic heterocycles. The third-order valence-corrected chi connectivity index (χ3v) is 7.38. The number of carboxylic acids is 1. The van der Waals surface area contributed by atoms with Gasteiger partial charge in [0.25, 0.3) is 0 Å². The topological polar surface area (TPSA) is 107 Å². The molecule has 0 aliphatic heterocycles. The number of carbonyl (C=O) groups excluding carboxylic acids is 1. The van der Waals surface area contributed by atoms with Crippen molar-refractivity contribution in [2.45, 2.75) is 45.7 Å². The fourth-order valence-electron chi connectivity index (χ4n) is 4.72. The second kappa shape index (κ2) is 16.7. The van der Waals surface area contributed by atoms with Gasteiger partial charge in [0.1, 0.15) is 30.5 Å². The summed E-state index contributed by atoms with van der Waals surface area (Å²) in [5, 5.41) is 21.5. The Kier molecular flexibility index (Phi) is 13.1. The monoisotopic (exact) mass is 642 g/mol. The number of hydrogen-bond acceptors (Lipinski definition) is 7. The maximum Gasteiger partial charge on any atom is 0.430 e. The van der Waals surface area contributed by atoms with Gasteiger partial charge in [-0.2, -0.15) is 13.2 Å². The van der Waals surface area contributed by atoms with E-state index < -0.39 is 17.6 Å². The van der Waals surface area contributed by atoms with Crippen LogP contribution in [0.3, 0.4) is 0 Å². The highest BCUT2D eigenvalue weighted by Gasteiger charge is 2.28. The van der Waals surface area contributed by atoms with Crippen LogP contribution < -0.4 is 25.1 Å². The van der Waals surface area contributed by atoms with Crippen molar-refractivity contribution < 1.29 is 42.2 Å². The molecule has 0 atom stereocenters. The van der Waals surface area contributed by atoms with Crippen molar-refractivity contribution in [3.05, 3.63) is 76.1 Å². The molecule has 1 heterocycles. The van der Waals surface area contributed by atoms with Crippen LogP contribution in [0.4, 0.5) is 18.9 Å². The van der Waals surface area contributed by atoms with Crippen molar-refractivity contribution in [2.24, 2.45) is 0 Å². The molecule has 248 valence electrons. The van der Waals surface area contributed by atoms with Gasteiger partial charge in [-0.3, -0.25) is 4.79 Å². The minimum absolute atomic E-state index is 0.137. The minimum atomic E-state index is -5.19. The Hall–Kier alpha value is -4.51. The van der Waals surface area contributed by atoms with Crippen molar-refractivity contribution in [2.75, 3.05) is 45.2 Å². The first-order chi connectivity index (χ1) is 21.8. The molecule has 0 bridgehead atoms. The number of benzene rings is 3. The van der Waals surface area contributed by atoms with Gasteiger partial charge in [-0.1, -0.05) is 51.0 Å². The molecule has 46 heavy (non-hydrogen) atoms. The lowest BCUT2D eigenvalue weighted by molar-refractivity contribution is -0.900. The lowest BCUT2D eigenvalue weighted by Gasteiger charge is -2.19. The Morgan fingerprint density at radius 3 is 2.15 bits per heavy atom. The van der Waals surface area contributed by atoms with Gasteiger partial charge in [-0.15, -0.1) is 0 Å². The molecule has 11 heteroatoms. The van der Waals surface area contributed by atoms with E-state index in [4.69, 9.17) is 19.1 Å². The number of hydrogen-bond donors (Lipinski definition) is 2. The second-order valence-electron chi connectivity index (χ2n) is 11.2. The molecule has 0 saturated heterocycles. The smallest absolute Gasteiger partial charge is 0.430 e. The SMILES string of the molecule is CCCC[NH+](CCCC)CCOc1ccc2cc3c(=O)c(O)c(/C=C/c4ccc(N(C)C)cc4)oc3cc2c1.O=C([O-])C(F)(F)F. The quantitative estimate of drug-likeness (QED) is 0.197.